The first-order valence-electron chi connectivity index (χ1n) is 7.54. The van der Waals surface area contributed by atoms with Crippen molar-refractivity contribution < 1.29 is 4.74 Å². The number of nitrogens with one attached hydrogen (secondary N) is 1. The average molecular weight is 287 g/mol. The van der Waals surface area contributed by atoms with Crippen LogP contribution in [0.15, 0.2) is 30.5 Å². The monoisotopic (exact) mass is 287 g/mol. The Morgan fingerprint density at radius 1 is 1.29 bits per heavy atom. The van der Waals surface area contributed by atoms with Gasteiger partial charge in [-0.05, 0) is 38.0 Å². The first-order chi connectivity index (χ1) is 10.1. The zero-order chi connectivity index (χ0) is 15.2. The van der Waals surface area contributed by atoms with Crippen LogP contribution >= 0.6 is 0 Å². The van der Waals surface area contributed by atoms with Gasteiger partial charge in [0.05, 0.1) is 18.3 Å². The highest BCUT2D eigenvalue weighted by Gasteiger charge is 2.12. The van der Waals surface area contributed by atoms with Gasteiger partial charge in [-0.1, -0.05) is 25.5 Å². The molecule has 2 aromatic rings. The number of rotatable bonds is 7. The van der Waals surface area contributed by atoms with Crippen LogP contribution < -0.4 is 5.32 Å². The molecule has 0 bridgehead atoms. The Morgan fingerprint density at radius 2 is 2.00 bits per heavy atom. The lowest BCUT2D eigenvalue weighted by molar-refractivity contribution is 0.163. The maximum Gasteiger partial charge on any atom is 0.207 e. The molecule has 0 aliphatic rings. The summed E-state index contributed by atoms with van der Waals surface area (Å²) in [5.74, 6) is 0.861. The number of hydrogen-bond acceptors (Lipinski definition) is 3. The van der Waals surface area contributed by atoms with Gasteiger partial charge in [0.1, 0.15) is 0 Å². The number of anilines is 2. The van der Waals surface area contributed by atoms with Crippen LogP contribution in [-0.2, 0) is 11.2 Å². The number of methoxy groups -OCH3 is 1. The van der Waals surface area contributed by atoms with Gasteiger partial charge >= 0.3 is 0 Å². The smallest absolute Gasteiger partial charge is 0.207 e. The lowest BCUT2D eigenvalue weighted by Gasteiger charge is -2.16. The molecule has 4 heteroatoms. The normalized spacial score (nSPS) is 12.4. The zero-order valence-electron chi connectivity index (χ0n) is 13.4. The van der Waals surface area contributed by atoms with E-state index in [9.17, 15) is 0 Å². The molecular weight excluding hydrogens is 262 g/mol. The summed E-state index contributed by atoms with van der Waals surface area (Å²) in [5, 5.41) is 3.40. The van der Waals surface area contributed by atoms with E-state index in [2.05, 4.69) is 59.2 Å². The summed E-state index contributed by atoms with van der Waals surface area (Å²) >= 11 is 0. The fraction of sp³-hybridized carbons (Fsp3) is 0.471. The summed E-state index contributed by atoms with van der Waals surface area (Å²) in [6.07, 6.45) is 4.35. The number of aromatic nitrogens is 2. The highest BCUT2D eigenvalue weighted by Crippen LogP contribution is 2.21. The zero-order valence-corrected chi connectivity index (χ0v) is 13.4. The summed E-state index contributed by atoms with van der Waals surface area (Å²) < 4.78 is 7.36. The average Bonchev–Trinajstić information content (AvgIpc) is 2.82. The number of imidazole rings is 1. The molecular formula is C17H25N3O. The van der Waals surface area contributed by atoms with Gasteiger partial charge < -0.3 is 14.6 Å². The quantitative estimate of drug-likeness (QED) is 0.833. The molecule has 0 radical (unpaired) electrons. The molecule has 0 aliphatic carbocycles. The van der Waals surface area contributed by atoms with Gasteiger partial charge in [0.2, 0.25) is 5.95 Å². The van der Waals surface area contributed by atoms with Crippen molar-refractivity contribution >= 4 is 11.6 Å². The predicted octanol–water partition coefficient (Wildman–Crippen LogP) is 4.10. The van der Waals surface area contributed by atoms with E-state index >= 15 is 0 Å². The van der Waals surface area contributed by atoms with E-state index in [0.29, 0.717) is 6.61 Å². The van der Waals surface area contributed by atoms with Gasteiger partial charge in [-0.2, -0.15) is 0 Å². The van der Waals surface area contributed by atoms with Crippen LogP contribution in [0.4, 0.5) is 11.6 Å². The molecule has 0 aliphatic heterocycles. The van der Waals surface area contributed by atoms with Gasteiger partial charge in [0.25, 0.3) is 0 Å². The van der Waals surface area contributed by atoms with E-state index in [4.69, 9.17) is 4.74 Å². The van der Waals surface area contributed by atoms with E-state index in [1.165, 1.54) is 12.0 Å². The second-order valence-electron chi connectivity index (χ2n) is 5.49. The van der Waals surface area contributed by atoms with Gasteiger partial charge in [-0.25, -0.2) is 4.98 Å². The van der Waals surface area contributed by atoms with Crippen molar-refractivity contribution in [3.8, 4) is 0 Å². The second kappa shape index (κ2) is 7.27. The highest BCUT2D eigenvalue weighted by molar-refractivity contribution is 5.54. The molecule has 1 unspecified atom stereocenters. The Labute approximate surface area is 127 Å². The number of nitrogens with zero attached hydrogens (tertiary/aromatic N) is 2. The molecule has 0 saturated heterocycles. The third-order valence-corrected chi connectivity index (χ3v) is 3.48. The standard InChI is InChI=1S/C17H25N3O/c1-5-6-15-7-9-16(10-8-15)19-17-18-13(2)11-20(17)14(3)12-21-4/h7-11,14H,5-6,12H2,1-4H3,(H,18,19). The molecule has 1 N–H and O–H groups in total. The SMILES string of the molecule is CCCc1ccc(Nc2nc(C)cn2C(C)COC)cc1. The highest BCUT2D eigenvalue weighted by atomic mass is 16.5. The number of benzene rings is 1. The largest absolute Gasteiger partial charge is 0.383 e. The second-order valence-corrected chi connectivity index (χ2v) is 5.49. The van der Waals surface area contributed by atoms with Crippen LogP contribution in [0, 0.1) is 6.92 Å². The predicted molar refractivity (Wildman–Crippen MR) is 87.3 cm³/mol. The van der Waals surface area contributed by atoms with Crippen LogP contribution in [-0.4, -0.2) is 23.3 Å². The molecule has 2 rings (SSSR count). The van der Waals surface area contributed by atoms with Gasteiger partial charge in [0, 0.05) is 19.0 Å². The van der Waals surface area contributed by atoms with Crippen LogP contribution in [0.3, 0.4) is 0 Å². The lowest BCUT2D eigenvalue weighted by Crippen LogP contribution is -2.12. The summed E-state index contributed by atoms with van der Waals surface area (Å²) in [6, 6.07) is 8.81. The molecule has 0 spiro atoms. The molecule has 1 aromatic heterocycles. The minimum atomic E-state index is 0.248. The summed E-state index contributed by atoms with van der Waals surface area (Å²) in [5.41, 5.74) is 3.43. The molecule has 1 heterocycles. The fourth-order valence-electron chi connectivity index (χ4n) is 2.44. The lowest BCUT2D eigenvalue weighted by atomic mass is 10.1. The Kier molecular flexibility index (Phi) is 5.39. The van der Waals surface area contributed by atoms with E-state index in [0.717, 1.165) is 23.8 Å². The first-order valence-corrected chi connectivity index (χ1v) is 7.54. The van der Waals surface area contributed by atoms with Crippen molar-refractivity contribution in [3.05, 3.63) is 41.7 Å². The first kappa shape index (κ1) is 15.6. The van der Waals surface area contributed by atoms with Crippen molar-refractivity contribution in [2.45, 2.75) is 39.7 Å². The summed E-state index contributed by atoms with van der Waals surface area (Å²) in [6.45, 7) is 6.99. The van der Waals surface area contributed by atoms with E-state index in [1.807, 2.05) is 6.92 Å². The van der Waals surface area contributed by atoms with E-state index < -0.39 is 0 Å². The van der Waals surface area contributed by atoms with E-state index in [-0.39, 0.29) is 6.04 Å². The van der Waals surface area contributed by atoms with Crippen molar-refractivity contribution in [1.82, 2.24) is 9.55 Å². The number of aryl methyl sites for hydroxylation is 2. The summed E-state index contributed by atoms with van der Waals surface area (Å²) in [7, 11) is 1.72. The van der Waals surface area contributed by atoms with Crippen molar-refractivity contribution in [2.24, 2.45) is 0 Å². The number of hydrogen-bond donors (Lipinski definition) is 1. The van der Waals surface area contributed by atoms with Crippen LogP contribution in [0.2, 0.25) is 0 Å². The van der Waals surface area contributed by atoms with Gasteiger partial charge in [-0.3, -0.25) is 0 Å². The summed E-state index contributed by atoms with van der Waals surface area (Å²) in [4.78, 5) is 4.56. The molecule has 4 nitrogen and oxygen atoms in total. The minimum absolute atomic E-state index is 0.248. The van der Waals surface area contributed by atoms with Crippen molar-refractivity contribution in [2.75, 3.05) is 19.0 Å². The molecule has 21 heavy (non-hydrogen) atoms. The van der Waals surface area contributed by atoms with Crippen molar-refractivity contribution in [1.29, 1.82) is 0 Å². The Bertz CT molecular complexity index is 560. The molecule has 1 atom stereocenters. The topological polar surface area (TPSA) is 39.1 Å². The molecule has 0 fully saturated rings. The number of ether oxygens (including phenoxy) is 1. The van der Waals surface area contributed by atoms with Gasteiger partial charge in [0.15, 0.2) is 0 Å². The minimum Gasteiger partial charge on any atom is -0.383 e. The Morgan fingerprint density at radius 3 is 2.62 bits per heavy atom. The molecule has 0 saturated carbocycles. The van der Waals surface area contributed by atoms with Crippen LogP contribution in [0.1, 0.15) is 37.6 Å². The maximum absolute atomic E-state index is 5.24. The Hall–Kier alpha value is -1.81. The van der Waals surface area contributed by atoms with E-state index in [1.54, 1.807) is 7.11 Å². The van der Waals surface area contributed by atoms with Crippen molar-refractivity contribution in [3.63, 3.8) is 0 Å². The maximum atomic E-state index is 5.24. The molecule has 114 valence electrons. The Balaban J connectivity index is 2.15. The third-order valence-electron chi connectivity index (χ3n) is 3.48. The van der Waals surface area contributed by atoms with Gasteiger partial charge in [-0.15, -0.1) is 0 Å². The molecule has 1 aromatic carbocycles. The molecule has 0 amide bonds. The third kappa shape index (κ3) is 4.08. The van der Waals surface area contributed by atoms with Crippen LogP contribution in [0.25, 0.3) is 0 Å². The fourth-order valence-corrected chi connectivity index (χ4v) is 2.44. The van der Waals surface area contributed by atoms with Crippen LogP contribution in [0.5, 0.6) is 0 Å².